The molecule has 2 atom stereocenters. The maximum absolute atomic E-state index is 5.97. The molecule has 0 saturated heterocycles. The quantitative estimate of drug-likeness (QED) is 0.840. The first-order valence-corrected chi connectivity index (χ1v) is 6.50. The van der Waals surface area contributed by atoms with Gasteiger partial charge in [-0.25, -0.2) is 9.97 Å². The number of hydrogen-bond acceptors (Lipinski definition) is 3. The van der Waals surface area contributed by atoms with Gasteiger partial charge in [0.15, 0.2) is 0 Å². The minimum atomic E-state index is 0.256. The Labute approximate surface area is 111 Å². The minimum Gasteiger partial charge on any atom is -0.381 e. The third-order valence-corrected chi connectivity index (χ3v) is 3.66. The summed E-state index contributed by atoms with van der Waals surface area (Å²) >= 11 is 5.97. The molecule has 0 bridgehead atoms. The van der Waals surface area contributed by atoms with Gasteiger partial charge in [-0.1, -0.05) is 36.7 Å². The van der Waals surface area contributed by atoms with Crippen molar-refractivity contribution in [2.45, 2.75) is 25.3 Å². The van der Waals surface area contributed by atoms with Gasteiger partial charge < -0.3 is 5.32 Å². The molecule has 18 heavy (non-hydrogen) atoms. The van der Waals surface area contributed by atoms with Gasteiger partial charge in [0.1, 0.15) is 11.5 Å². The van der Waals surface area contributed by atoms with Gasteiger partial charge >= 0.3 is 0 Å². The van der Waals surface area contributed by atoms with Crippen molar-refractivity contribution in [1.29, 1.82) is 0 Å². The minimum absolute atomic E-state index is 0.256. The Balaban J connectivity index is 2.09. The van der Waals surface area contributed by atoms with Crippen LogP contribution in [0.5, 0.6) is 0 Å². The number of rotatable bonds is 2. The van der Waals surface area contributed by atoms with E-state index in [1.54, 1.807) is 0 Å². The van der Waals surface area contributed by atoms with Gasteiger partial charge in [-0.3, -0.25) is 0 Å². The first kappa shape index (κ1) is 11.5. The van der Waals surface area contributed by atoms with E-state index in [1.165, 1.54) is 17.6 Å². The van der Waals surface area contributed by atoms with Gasteiger partial charge in [0.25, 0.3) is 0 Å². The van der Waals surface area contributed by atoms with Crippen molar-refractivity contribution in [2.75, 3.05) is 5.32 Å². The second-order valence-electron chi connectivity index (χ2n) is 4.49. The number of nitrogens with one attached hydrogen (secondary N) is 1. The summed E-state index contributed by atoms with van der Waals surface area (Å²) in [6, 6.07) is 10.6. The van der Waals surface area contributed by atoms with Crippen LogP contribution in [-0.4, -0.2) is 16.0 Å². The van der Waals surface area contributed by atoms with Gasteiger partial charge in [-0.2, -0.15) is 0 Å². The highest BCUT2D eigenvalue weighted by atomic mass is 35.5. The van der Waals surface area contributed by atoms with Crippen LogP contribution in [0.25, 0.3) is 0 Å². The van der Waals surface area contributed by atoms with Crippen LogP contribution >= 0.6 is 11.6 Å². The van der Waals surface area contributed by atoms with Crippen LogP contribution in [0, 0.1) is 0 Å². The normalized spacial score (nSPS) is 21.4. The van der Waals surface area contributed by atoms with Crippen molar-refractivity contribution in [3.05, 3.63) is 53.1 Å². The lowest BCUT2D eigenvalue weighted by atomic mass is 9.90. The fourth-order valence-corrected chi connectivity index (χ4v) is 2.78. The molecule has 0 spiro atoms. The maximum Gasteiger partial charge on any atom is 0.132 e. The van der Waals surface area contributed by atoms with Crippen molar-refractivity contribution in [3.8, 4) is 0 Å². The highest BCUT2D eigenvalue weighted by molar-refractivity contribution is 6.29. The fourth-order valence-electron chi connectivity index (χ4n) is 2.62. The zero-order chi connectivity index (χ0) is 12.5. The lowest BCUT2D eigenvalue weighted by molar-refractivity contribution is 0.631. The van der Waals surface area contributed by atoms with Crippen LogP contribution in [0.2, 0.25) is 5.15 Å². The smallest absolute Gasteiger partial charge is 0.132 e. The number of hydrogen-bond donors (Lipinski definition) is 1. The second kappa shape index (κ2) is 4.58. The molecular formula is C14H14ClN3. The molecule has 1 aliphatic heterocycles. The number of halogens is 1. The molecule has 3 nitrogen and oxygen atoms in total. The summed E-state index contributed by atoms with van der Waals surface area (Å²) in [6.07, 6.45) is 2.58. The highest BCUT2D eigenvalue weighted by Crippen LogP contribution is 2.40. The van der Waals surface area contributed by atoms with Crippen LogP contribution in [0.3, 0.4) is 0 Å². The molecule has 2 heterocycles. The van der Waals surface area contributed by atoms with Crippen LogP contribution in [0.1, 0.15) is 30.5 Å². The SMILES string of the molecule is CCC1Nc2ccccc2C1c1cc(Cl)ncn1. The van der Waals surface area contributed by atoms with E-state index in [0.29, 0.717) is 11.2 Å². The summed E-state index contributed by atoms with van der Waals surface area (Å²) in [6.45, 7) is 2.18. The van der Waals surface area contributed by atoms with Crippen LogP contribution < -0.4 is 5.32 Å². The summed E-state index contributed by atoms with van der Waals surface area (Å²) < 4.78 is 0. The molecule has 92 valence electrons. The van der Waals surface area contributed by atoms with E-state index in [-0.39, 0.29) is 5.92 Å². The monoisotopic (exact) mass is 259 g/mol. The number of nitrogens with zero attached hydrogens (tertiary/aromatic N) is 2. The molecule has 0 saturated carbocycles. The number of benzene rings is 1. The molecule has 1 N–H and O–H groups in total. The summed E-state index contributed by atoms with van der Waals surface area (Å²) in [4.78, 5) is 8.34. The lowest BCUT2D eigenvalue weighted by Gasteiger charge is -2.18. The van der Waals surface area contributed by atoms with Crippen LogP contribution in [0.15, 0.2) is 36.7 Å². The van der Waals surface area contributed by atoms with E-state index >= 15 is 0 Å². The molecule has 0 fully saturated rings. The molecule has 0 aliphatic carbocycles. The molecule has 1 aliphatic rings. The molecule has 3 rings (SSSR count). The molecule has 2 unspecified atom stereocenters. The average Bonchev–Trinajstić information content (AvgIpc) is 2.77. The largest absolute Gasteiger partial charge is 0.381 e. The molecule has 0 amide bonds. The van der Waals surface area contributed by atoms with Gasteiger partial charge in [0.05, 0.1) is 5.69 Å². The van der Waals surface area contributed by atoms with Gasteiger partial charge in [0, 0.05) is 17.6 Å². The fraction of sp³-hybridized carbons (Fsp3) is 0.286. The van der Waals surface area contributed by atoms with Crippen molar-refractivity contribution in [3.63, 3.8) is 0 Å². The van der Waals surface area contributed by atoms with E-state index < -0.39 is 0 Å². The number of aromatic nitrogens is 2. The van der Waals surface area contributed by atoms with Crippen molar-refractivity contribution < 1.29 is 0 Å². The number of fused-ring (bicyclic) bond motifs is 1. The Kier molecular flexibility index (Phi) is 2.92. The lowest BCUT2D eigenvalue weighted by Crippen LogP contribution is -2.21. The Morgan fingerprint density at radius 2 is 2.11 bits per heavy atom. The molecule has 1 aromatic heterocycles. The van der Waals surface area contributed by atoms with Crippen molar-refractivity contribution in [2.24, 2.45) is 0 Å². The van der Waals surface area contributed by atoms with Crippen LogP contribution in [0.4, 0.5) is 5.69 Å². The van der Waals surface area contributed by atoms with E-state index in [2.05, 4.69) is 40.4 Å². The topological polar surface area (TPSA) is 37.8 Å². The van der Waals surface area contributed by atoms with E-state index in [4.69, 9.17) is 11.6 Å². The first-order valence-electron chi connectivity index (χ1n) is 6.12. The average molecular weight is 260 g/mol. The van der Waals surface area contributed by atoms with Crippen LogP contribution in [-0.2, 0) is 0 Å². The number of para-hydroxylation sites is 1. The maximum atomic E-state index is 5.97. The van der Waals surface area contributed by atoms with Gasteiger partial charge in [0.2, 0.25) is 0 Å². The van der Waals surface area contributed by atoms with Crippen molar-refractivity contribution in [1.82, 2.24) is 9.97 Å². The number of anilines is 1. The van der Waals surface area contributed by atoms with Crippen molar-refractivity contribution >= 4 is 17.3 Å². The first-order chi connectivity index (χ1) is 8.79. The molecular weight excluding hydrogens is 246 g/mol. The van der Waals surface area contributed by atoms with E-state index in [1.807, 2.05) is 12.1 Å². The zero-order valence-corrected chi connectivity index (χ0v) is 10.9. The molecule has 4 heteroatoms. The van der Waals surface area contributed by atoms with Gasteiger partial charge in [-0.05, 0) is 24.1 Å². The highest BCUT2D eigenvalue weighted by Gasteiger charge is 2.32. The molecule has 1 aromatic carbocycles. The van der Waals surface area contributed by atoms with E-state index in [9.17, 15) is 0 Å². The summed E-state index contributed by atoms with van der Waals surface area (Å²) in [5.74, 6) is 0.256. The Morgan fingerprint density at radius 1 is 1.28 bits per heavy atom. The predicted molar refractivity (Wildman–Crippen MR) is 73.0 cm³/mol. The third-order valence-electron chi connectivity index (χ3n) is 3.45. The zero-order valence-electron chi connectivity index (χ0n) is 10.1. The Morgan fingerprint density at radius 3 is 2.89 bits per heavy atom. The molecule has 0 radical (unpaired) electrons. The Bertz CT molecular complexity index is 570. The van der Waals surface area contributed by atoms with E-state index in [0.717, 1.165) is 12.1 Å². The standard InChI is InChI=1S/C14H14ClN3/c1-2-10-14(12-7-13(15)17-8-16-12)9-5-3-4-6-11(9)18-10/h3-8,10,14,18H,2H2,1H3. The van der Waals surface area contributed by atoms with Gasteiger partial charge in [-0.15, -0.1) is 0 Å². The summed E-state index contributed by atoms with van der Waals surface area (Å²) in [5.41, 5.74) is 3.47. The predicted octanol–water partition coefficient (Wildman–Crippen LogP) is 3.47. The third kappa shape index (κ3) is 1.85. The summed E-state index contributed by atoms with van der Waals surface area (Å²) in [5, 5.41) is 4.05. The molecule has 2 aromatic rings. The summed E-state index contributed by atoms with van der Waals surface area (Å²) in [7, 11) is 0. The Hall–Kier alpha value is -1.61. The second-order valence-corrected chi connectivity index (χ2v) is 4.88.